The van der Waals surface area contributed by atoms with E-state index in [4.69, 9.17) is 0 Å². The first-order valence-corrected chi connectivity index (χ1v) is 5.77. The highest BCUT2D eigenvalue weighted by Crippen LogP contribution is 2.24. The van der Waals surface area contributed by atoms with Crippen molar-refractivity contribution in [2.45, 2.75) is 6.92 Å². The molecule has 21 heavy (non-hydrogen) atoms. The second-order valence-electron chi connectivity index (χ2n) is 4.14. The third-order valence-corrected chi connectivity index (χ3v) is 2.74. The van der Waals surface area contributed by atoms with Gasteiger partial charge in [0.15, 0.2) is 0 Å². The van der Waals surface area contributed by atoms with Gasteiger partial charge in [0.2, 0.25) is 5.82 Å². The van der Waals surface area contributed by atoms with Gasteiger partial charge in [-0.15, -0.1) is 0 Å². The molecule has 0 fully saturated rings. The van der Waals surface area contributed by atoms with Gasteiger partial charge in [-0.3, -0.25) is 14.9 Å². The fourth-order valence-corrected chi connectivity index (χ4v) is 1.68. The summed E-state index contributed by atoms with van der Waals surface area (Å²) in [5.74, 6) is -3.74. The number of nitro benzene ring substituents is 1. The van der Waals surface area contributed by atoms with Gasteiger partial charge in [-0.1, -0.05) is 6.07 Å². The number of rotatable bonds is 3. The van der Waals surface area contributed by atoms with Crippen LogP contribution in [0.4, 0.5) is 20.3 Å². The molecule has 2 rings (SSSR count). The highest BCUT2D eigenvalue weighted by Gasteiger charge is 2.26. The van der Waals surface area contributed by atoms with Gasteiger partial charge in [-0.05, 0) is 24.6 Å². The maximum atomic E-state index is 13.9. The van der Waals surface area contributed by atoms with Crippen LogP contribution >= 0.6 is 0 Å². The molecule has 0 aliphatic heterocycles. The monoisotopic (exact) mass is 293 g/mol. The van der Waals surface area contributed by atoms with Crippen molar-refractivity contribution in [1.29, 1.82) is 0 Å². The molecule has 8 heteroatoms. The molecule has 2 aromatic rings. The van der Waals surface area contributed by atoms with Crippen molar-refractivity contribution >= 4 is 17.4 Å². The molecule has 0 unspecified atom stereocenters. The second-order valence-corrected chi connectivity index (χ2v) is 4.14. The summed E-state index contributed by atoms with van der Waals surface area (Å²) in [4.78, 5) is 25.4. The third-order valence-electron chi connectivity index (χ3n) is 2.74. The number of aryl methyl sites for hydroxylation is 1. The summed E-state index contributed by atoms with van der Waals surface area (Å²) < 4.78 is 27.5. The van der Waals surface area contributed by atoms with Crippen LogP contribution < -0.4 is 5.32 Å². The lowest BCUT2D eigenvalue weighted by Gasteiger charge is -2.08. The molecule has 0 saturated carbocycles. The van der Waals surface area contributed by atoms with E-state index in [2.05, 4.69) is 10.3 Å². The van der Waals surface area contributed by atoms with Crippen LogP contribution in [0.2, 0.25) is 0 Å². The Bertz CT molecular complexity index is 735. The zero-order valence-corrected chi connectivity index (χ0v) is 10.8. The van der Waals surface area contributed by atoms with Gasteiger partial charge in [0, 0.05) is 12.3 Å². The first-order chi connectivity index (χ1) is 9.91. The van der Waals surface area contributed by atoms with Gasteiger partial charge < -0.3 is 5.32 Å². The minimum Gasteiger partial charge on any atom is -0.306 e. The minimum atomic E-state index is -1.52. The zero-order chi connectivity index (χ0) is 15.6. The molecule has 6 nitrogen and oxygen atoms in total. The Labute approximate surface area is 117 Å². The molecule has 0 saturated heterocycles. The molecule has 0 radical (unpaired) electrons. The lowest BCUT2D eigenvalue weighted by atomic mass is 10.1. The van der Waals surface area contributed by atoms with Crippen LogP contribution in [0, 0.1) is 28.7 Å². The number of hydrogen-bond acceptors (Lipinski definition) is 4. The van der Waals surface area contributed by atoms with E-state index in [9.17, 15) is 23.7 Å². The number of benzene rings is 1. The number of carbonyl (C=O) groups excluding carboxylic acids is 1. The van der Waals surface area contributed by atoms with Crippen molar-refractivity contribution in [1.82, 2.24) is 4.98 Å². The maximum Gasteiger partial charge on any atom is 0.305 e. The lowest BCUT2D eigenvalue weighted by Crippen LogP contribution is -2.18. The van der Waals surface area contributed by atoms with Crippen LogP contribution in [0.1, 0.15) is 15.9 Å². The maximum absolute atomic E-state index is 13.9. The van der Waals surface area contributed by atoms with Crippen LogP contribution in [0.25, 0.3) is 0 Å². The number of aromatic nitrogens is 1. The first-order valence-electron chi connectivity index (χ1n) is 5.77. The number of carbonyl (C=O) groups is 1. The molecule has 108 valence electrons. The number of halogens is 2. The van der Waals surface area contributed by atoms with Crippen LogP contribution in [0.3, 0.4) is 0 Å². The van der Waals surface area contributed by atoms with Crippen molar-refractivity contribution < 1.29 is 18.5 Å². The molecular formula is C13H9F2N3O3. The molecule has 1 aromatic heterocycles. The minimum absolute atomic E-state index is 0.118. The van der Waals surface area contributed by atoms with Gasteiger partial charge in [0.25, 0.3) is 5.91 Å². The van der Waals surface area contributed by atoms with Gasteiger partial charge in [-0.25, -0.2) is 9.37 Å². The van der Waals surface area contributed by atoms with Crippen molar-refractivity contribution in [3.63, 3.8) is 0 Å². The van der Waals surface area contributed by atoms with E-state index in [0.717, 1.165) is 0 Å². The highest BCUT2D eigenvalue weighted by molar-refractivity contribution is 6.04. The summed E-state index contributed by atoms with van der Waals surface area (Å²) in [6.45, 7) is 1.64. The summed E-state index contributed by atoms with van der Waals surface area (Å²) in [5.41, 5.74) is -1.41. The smallest absolute Gasteiger partial charge is 0.305 e. The van der Waals surface area contributed by atoms with E-state index >= 15 is 0 Å². The number of hydrogen-bond donors (Lipinski definition) is 1. The zero-order valence-electron chi connectivity index (χ0n) is 10.8. The van der Waals surface area contributed by atoms with Crippen LogP contribution in [0.15, 0.2) is 30.5 Å². The molecule has 1 aromatic carbocycles. The Morgan fingerprint density at radius 2 is 2.05 bits per heavy atom. The largest absolute Gasteiger partial charge is 0.306 e. The normalized spacial score (nSPS) is 10.2. The van der Waals surface area contributed by atoms with Crippen LogP contribution in [-0.4, -0.2) is 15.8 Å². The first kappa shape index (κ1) is 14.5. The molecular weight excluding hydrogens is 284 g/mol. The second kappa shape index (κ2) is 5.61. The van der Waals surface area contributed by atoms with Crippen LogP contribution in [0.5, 0.6) is 0 Å². The van der Waals surface area contributed by atoms with Crippen molar-refractivity contribution in [2.75, 3.05) is 5.32 Å². The molecule has 1 amide bonds. The van der Waals surface area contributed by atoms with E-state index in [1.807, 2.05) is 0 Å². The van der Waals surface area contributed by atoms with Crippen molar-refractivity contribution in [3.8, 4) is 0 Å². The number of nitrogens with zero attached hydrogens (tertiary/aromatic N) is 2. The fraction of sp³-hybridized carbons (Fsp3) is 0.0769. The van der Waals surface area contributed by atoms with Gasteiger partial charge in [0.05, 0.1) is 4.92 Å². The predicted molar refractivity (Wildman–Crippen MR) is 69.9 cm³/mol. The molecule has 0 aliphatic rings. The average molecular weight is 293 g/mol. The van der Waals surface area contributed by atoms with Gasteiger partial charge in [-0.2, -0.15) is 4.39 Å². The molecule has 0 aliphatic carbocycles. The Balaban J connectivity index is 2.42. The molecule has 0 spiro atoms. The SMILES string of the molecule is Cc1cccnc1NC(=O)c1c(F)ccc([N+](=O)[O-])c1F. The molecule has 1 heterocycles. The van der Waals surface area contributed by atoms with Crippen LogP contribution in [-0.2, 0) is 0 Å². The average Bonchev–Trinajstić information content (AvgIpc) is 2.41. The summed E-state index contributed by atoms with van der Waals surface area (Å²) in [6.07, 6.45) is 1.39. The molecule has 1 N–H and O–H groups in total. The topological polar surface area (TPSA) is 85.1 Å². The van der Waals surface area contributed by atoms with E-state index in [0.29, 0.717) is 17.7 Å². The number of nitrogens with one attached hydrogen (secondary N) is 1. The van der Waals surface area contributed by atoms with E-state index in [1.165, 1.54) is 6.20 Å². The van der Waals surface area contributed by atoms with E-state index < -0.39 is 33.7 Å². The summed E-state index contributed by atoms with van der Waals surface area (Å²) in [5, 5.41) is 12.8. The number of nitro groups is 1. The Kier molecular flexibility index (Phi) is 3.88. The Morgan fingerprint density at radius 3 is 2.67 bits per heavy atom. The van der Waals surface area contributed by atoms with Crippen molar-refractivity contribution in [2.24, 2.45) is 0 Å². The Hall–Kier alpha value is -2.90. The van der Waals surface area contributed by atoms with Gasteiger partial charge in [0.1, 0.15) is 17.2 Å². The van der Waals surface area contributed by atoms with Crippen molar-refractivity contribution in [3.05, 3.63) is 63.3 Å². The highest BCUT2D eigenvalue weighted by atomic mass is 19.1. The third kappa shape index (κ3) is 2.83. The summed E-state index contributed by atoms with van der Waals surface area (Å²) >= 11 is 0. The number of pyridine rings is 1. The van der Waals surface area contributed by atoms with E-state index in [-0.39, 0.29) is 5.82 Å². The fourth-order valence-electron chi connectivity index (χ4n) is 1.68. The number of amides is 1. The molecule has 0 atom stereocenters. The summed E-state index contributed by atoms with van der Waals surface area (Å²) in [7, 11) is 0. The lowest BCUT2D eigenvalue weighted by molar-refractivity contribution is -0.387. The van der Waals surface area contributed by atoms with Gasteiger partial charge >= 0.3 is 5.69 Å². The summed E-state index contributed by atoms with van der Waals surface area (Å²) in [6, 6.07) is 4.59. The predicted octanol–water partition coefficient (Wildman–Crippen LogP) is 2.83. The Morgan fingerprint density at radius 1 is 1.33 bits per heavy atom. The standard InChI is InChI=1S/C13H9F2N3O3/c1-7-3-2-6-16-12(7)17-13(19)10-8(14)4-5-9(11(10)15)18(20)21/h2-6H,1H3,(H,16,17,19). The quantitative estimate of drug-likeness (QED) is 0.696. The van der Waals surface area contributed by atoms with E-state index in [1.54, 1.807) is 19.1 Å². The number of anilines is 1. The molecule has 0 bridgehead atoms.